The zero-order valence-electron chi connectivity index (χ0n) is 13.0. The first-order chi connectivity index (χ1) is 11.8. The Balaban J connectivity index is 2.29. The van der Waals surface area contributed by atoms with Crippen LogP contribution in [0.15, 0.2) is 36.4 Å². The summed E-state index contributed by atoms with van der Waals surface area (Å²) in [5.74, 6) is 0.435. The standard InChI is InChI=1S/C16H16F2N4OS2/c17-11-1-3-13(9(5-11)7-24-15(19)20)23-14-4-2-12(18)6-10(14)8-25-16(21)22/h1-6H,7-8H2,(H3,19,20)(H3,21,22). The van der Waals surface area contributed by atoms with Crippen LogP contribution in [0.2, 0.25) is 0 Å². The molecule has 0 amide bonds. The largest absolute Gasteiger partial charge is 0.457 e. The lowest BCUT2D eigenvalue weighted by molar-refractivity contribution is 0.470. The van der Waals surface area contributed by atoms with Crippen molar-refractivity contribution in [2.45, 2.75) is 11.5 Å². The molecule has 0 heterocycles. The lowest BCUT2D eigenvalue weighted by Crippen LogP contribution is -2.05. The van der Waals surface area contributed by atoms with Crippen LogP contribution < -0.4 is 16.2 Å². The third-order valence-corrected chi connectivity index (χ3v) is 4.56. The van der Waals surface area contributed by atoms with E-state index in [1.54, 1.807) is 0 Å². The maximum atomic E-state index is 13.5. The van der Waals surface area contributed by atoms with E-state index in [2.05, 4.69) is 0 Å². The van der Waals surface area contributed by atoms with E-state index in [9.17, 15) is 8.78 Å². The summed E-state index contributed by atoms with van der Waals surface area (Å²) in [6, 6.07) is 8.06. The van der Waals surface area contributed by atoms with Crippen LogP contribution in [0.4, 0.5) is 8.78 Å². The second-order valence-electron chi connectivity index (χ2n) is 4.91. The molecule has 6 N–H and O–H groups in total. The molecule has 0 atom stereocenters. The lowest BCUT2D eigenvalue weighted by Gasteiger charge is -2.14. The number of rotatable bonds is 6. The minimum Gasteiger partial charge on any atom is -0.457 e. The predicted molar refractivity (Wildman–Crippen MR) is 99.3 cm³/mol. The number of thioether (sulfide) groups is 2. The quantitative estimate of drug-likeness (QED) is 0.446. The molecule has 2 rings (SSSR count). The number of benzene rings is 2. The van der Waals surface area contributed by atoms with Gasteiger partial charge in [0.05, 0.1) is 0 Å². The van der Waals surface area contributed by atoms with E-state index in [1.165, 1.54) is 36.4 Å². The molecule has 0 aliphatic rings. The molecular weight excluding hydrogens is 366 g/mol. The molecule has 0 bridgehead atoms. The van der Waals surface area contributed by atoms with Crippen LogP contribution in [-0.4, -0.2) is 10.3 Å². The molecule has 25 heavy (non-hydrogen) atoms. The van der Waals surface area contributed by atoms with E-state index in [0.29, 0.717) is 22.6 Å². The van der Waals surface area contributed by atoms with Crippen molar-refractivity contribution in [2.75, 3.05) is 0 Å². The first kappa shape index (κ1) is 19.1. The maximum Gasteiger partial charge on any atom is 0.151 e. The van der Waals surface area contributed by atoms with Crippen molar-refractivity contribution in [2.24, 2.45) is 11.5 Å². The Morgan fingerprint density at radius 1 is 0.840 bits per heavy atom. The minimum absolute atomic E-state index is 0.0875. The number of ether oxygens (including phenoxy) is 1. The van der Waals surface area contributed by atoms with Crippen LogP contribution in [0.3, 0.4) is 0 Å². The molecule has 0 spiro atoms. The smallest absolute Gasteiger partial charge is 0.151 e. The van der Waals surface area contributed by atoms with Gasteiger partial charge < -0.3 is 16.2 Å². The average Bonchev–Trinajstić information content (AvgIpc) is 2.54. The molecule has 0 saturated heterocycles. The molecule has 0 unspecified atom stereocenters. The van der Waals surface area contributed by atoms with Crippen molar-refractivity contribution < 1.29 is 13.5 Å². The molecule has 0 fully saturated rings. The summed E-state index contributed by atoms with van der Waals surface area (Å²) in [6.07, 6.45) is 0. The Bertz CT molecular complexity index is 736. The third-order valence-electron chi connectivity index (χ3n) is 3.03. The summed E-state index contributed by atoms with van der Waals surface area (Å²) in [5, 5.41) is 14.4. The molecule has 5 nitrogen and oxygen atoms in total. The van der Waals surface area contributed by atoms with E-state index >= 15 is 0 Å². The molecular formula is C16H16F2N4OS2. The highest BCUT2D eigenvalue weighted by molar-refractivity contribution is 8.13. The fraction of sp³-hybridized carbons (Fsp3) is 0.125. The van der Waals surface area contributed by atoms with E-state index in [0.717, 1.165) is 23.5 Å². The number of nitrogens with one attached hydrogen (secondary N) is 2. The Morgan fingerprint density at radius 2 is 1.24 bits per heavy atom. The Kier molecular flexibility index (Phi) is 6.65. The molecule has 2 aromatic carbocycles. The van der Waals surface area contributed by atoms with E-state index in [4.69, 9.17) is 27.0 Å². The van der Waals surface area contributed by atoms with E-state index < -0.39 is 11.6 Å². The molecule has 0 aromatic heterocycles. The van der Waals surface area contributed by atoms with Gasteiger partial charge in [0.25, 0.3) is 0 Å². The SMILES string of the molecule is N=C(N)SCc1cc(F)ccc1Oc1ccc(F)cc1CSC(=N)N. The summed E-state index contributed by atoms with van der Waals surface area (Å²) in [7, 11) is 0. The van der Waals surface area contributed by atoms with Crippen molar-refractivity contribution in [3.8, 4) is 11.5 Å². The number of amidine groups is 2. The normalized spacial score (nSPS) is 10.5. The fourth-order valence-electron chi connectivity index (χ4n) is 1.95. The molecule has 0 radical (unpaired) electrons. The number of nitrogens with two attached hydrogens (primary N) is 2. The topological polar surface area (TPSA) is 109 Å². The minimum atomic E-state index is -0.432. The van der Waals surface area contributed by atoms with Gasteiger partial charge in [0.2, 0.25) is 0 Å². The van der Waals surface area contributed by atoms with E-state index in [-0.39, 0.29) is 21.8 Å². The predicted octanol–water partition coefficient (Wildman–Crippen LogP) is 4.01. The average molecular weight is 382 g/mol. The van der Waals surface area contributed by atoms with Crippen molar-refractivity contribution in [3.05, 3.63) is 59.2 Å². The third kappa shape index (κ3) is 5.95. The highest BCUT2D eigenvalue weighted by Gasteiger charge is 2.12. The van der Waals surface area contributed by atoms with Gasteiger partial charge in [0, 0.05) is 22.6 Å². The fourth-order valence-corrected chi connectivity index (χ4v) is 3.02. The van der Waals surface area contributed by atoms with Gasteiger partial charge in [0.1, 0.15) is 23.1 Å². The zero-order valence-corrected chi connectivity index (χ0v) is 14.6. The zero-order chi connectivity index (χ0) is 18.4. The first-order valence-electron chi connectivity index (χ1n) is 7.03. The highest BCUT2D eigenvalue weighted by Crippen LogP contribution is 2.32. The molecule has 0 aliphatic carbocycles. The van der Waals surface area contributed by atoms with Crippen LogP contribution in [0.1, 0.15) is 11.1 Å². The summed E-state index contributed by atoms with van der Waals surface area (Å²) in [5.41, 5.74) is 11.7. The van der Waals surface area contributed by atoms with E-state index in [1.807, 2.05) is 0 Å². The van der Waals surface area contributed by atoms with Crippen molar-refractivity contribution in [1.29, 1.82) is 10.8 Å². The van der Waals surface area contributed by atoms with Crippen LogP contribution in [-0.2, 0) is 11.5 Å². The van der Waals surface area contributed by atoms with Crippen LogP contribution in [0.5, 0.6) is 11.5 Å². The van der Waals surface area contributed by atoms with Crippen LogP contribution in [0, 0.1) is 22.5 Å². The van der Waals surface area contributed by atoms with Gasteiger partial charge in [-0.05, 0) is 36.4 Å². The van der Waals surface area contributed by atoms with Crippen molar-refractivity contribution in [1.82, 2.24) is 0 Å². The van der Waals surface area contributed by atoms with Gasteiger partial charge in [-0.15, -0.1) is 0 Å². The molecule has 132 valence electrons. The summed E-state index contributed by atoms with van der Waals surface area (Å²) in [4.78, 5) is 0. The van der Waals surface area contributed by atoms with Gasteiger partial charge in [-0.2, -0.15) is 0 Å². The molecule has 0 aliphatic heterocycles. The van der Waals surface area contributed by atoms with Crippen LogP contribution in [0.25, 0.3) is 0 Å². The molecule has 0 saturated carbocycles. The Labute approximate surface area is 152 Å². The number of hydrogen-bond acceptors (Lipinski definition) is 5. The Hall–Kier alpha value is -2.26. The van der Waals surface area contributed by atoms with Gasteiger partial charge in [-0.3, -0.25) is 10.8 Å². The van der Waals surface area contributed by atoms with Gasteiger partial charge in [-0.25, -0.2) is 8.78 Å². The molecule has 9 heteroatoms. The Morgan fingerprint density at radius 3 is 1.60 bits per heavy atom. The van der Waals surface area contributed by atoms with Gasteiger partial charge >= 0.3 is 0 Å². The second-order valence-corrected chi connectivity index (χ2v) is 6.95. The monoisotopic (exact) mass is 382 g/mol. The first-order valence-corrected chi connectivity index (χ1v) is 9.00. The van der Waals surface area contributed by atoms with Crippen molar-refractivity contribution in [3.63, 3.8) is 0 Å². The number of hydrogen-bond donors (Lipinski definition) is 4. The second kappa shape index (κ2) is 8.72. The van der Waals surface area contributed by atoms with Gasteiger partial charge in [0.15, 0.2) is 10.3 Å². The van der Waals surface area contributed by atoms with Gasteiger partial charge in [-0.1, -0.05) is 23.5 Å². The van der Waals surface area contributed by atoms with Crippen molar-refractivity contribution >= 4 is 33.9 Å². The highest BCUT2D eigenvalue weighted by atomic mass is 32.2. The summed E-state index contributed by atoms with van der Waals surface area (Å²) >= 11 is 2.09. The summed E-state index contributed by atoms with van der Waals surface area (Å²) in [6.45, 7) is 0. The summed E-state index contributed by atoms with van der Waals surface area (Å²) < 4.78 is 32.9. The van der Waals surface area contributed by atoms with Crippen LogP contribution >= 0.6 is 23.5 Å². The number of halogens is 2. The maximum absolute atomic E-state index is 13.5. The lowest BCUT2D eigenvalue weighted by atomic mass is 10.2. The molecule has 2 aromatic rings.